The van der Waals surface area contributed by atoms with Crippen LogP contribution in [0.5, 0.6) is 5.75 Å². The van der Waals surface area contributed by atoms with E-state index in [0.29, 0.717) is 12.4 Å². The lowest BCUT2D eigenvalue weighted by Crippen LogP contribution is -2.33. The molecule has 132 valence electrons. The summed E-state index contributed by atoms with van der Waals surface area (Å²) in [7, 11) is 0. The standard InChI is InChI=1S/C22H26O3/c1-21(2)11-12-22(3,4)19-13-15(5-10-18(19)21)14-25-17-8-6-16(7-9-17)20(23)24/h5-10,13H,11-12,14H2,1-4H3,(H,23,24). The van der Waals surface area contributed by atoms with Crippen LogP contribution in [0.2, 0.25) is 0 Å². The van der Waals surface area contributed by atoms with Gasteiger partial charge >= 0.3 is 5.97 Å². The van der Waals surface area contributed by atoms with Crippen LogP contribution in [-0.2, 0) is 17.4 Å². The van der Waals surface area contributed by atoms with Gasteiger partial charge in [-0.15, -0.1) is 0 Å². The maximum absolute atomic E-state index is 10.9. The second-order valence-electron chi connectivity index (χ2n) is 8.27. The molecule has 0 radical (unpaired) electrons. The summed E-state index contributed by atoms with van der Waals surface area (Å²) in [5, 5.41) is 8.95. The van der Waals surface area contributed by atoms with Gasteiger partial charge in [0.1, 0.15) is 12.4 Å². The first kappa shape index (κ1) is 17.5. The maximum atomic E-state index is 10.9. The molecule has 1 aliphatic carbocycles. The zero-order valence-corrected chi connectivity index (χ0v) is 15.4. The largest absolute Gasteiger partial charge is 0.489 e. The lowest BCUT2D eigenvalue weighted by molar-refractivity contribution is 0.0697. The van der Waals surface area contributed by atoms with Crippen molar-refractivity contribution in [2.45, 2.75) is 58.0 Å². The number of benzene rings is 2. The predicted octanol–water partition coefficient (Wildman–Crippen LogP) is 5.31. The third-order valence-corrected chi connectivity index (χ3v) is 5.42. The molecule has 1 N–H and O–H groups in total. The van der Waals surface area contributed by atoms with Gasteiger partial charge in [0.05, 0.1) is 5.56 Å². The van der Waals surface area contributed by atoms with Crippen LogP contribution in [0.3, 0.4) is 0 Å². The van der Waals surface area contributed by atoms with Crippen LogP contribution in [0.1, 0.15) is 67.6 Å². The van der Waals surface area contributed by atoms with Gasteiger partial charge < -0.3 is 9.84 Å². The quantitative estimate of drug-likeness (QED) is 0.821. The first-order valence-corrected chi connectivity index (χ1v) is 8.79. The van der Waals surface area contributed by atoms with E-state index in [1.807, 2.05) is 0 Å². The molecular formula is C22H26O3. The number of carboxylic acid groups (broad SMARTS) is 1. The molecule has 0 heterocycles. The van der Waals surface area contributed by atoms with Crippen molar-refractivity contribution in [1.29, 1.82) is 0 Å². The van der Waals surface area contributed by atoms with Crippen molar-refractivity contribution in [3.63, 3.8) is 0 Å². The summed E-state index contributed by atoms with van der Waals surface area (Å²) in [6.45, 7) is 9.76. The van der Waals surface area contributed by atoms with Crippen LogP contribution in [0, 0.1) is 0 Å². The van der Waals surface area contributed by atoms with E-state index in [2.05, 4.69) is 45.9 Å². The van der Waals surface area contributed by atoms with Gasteiger partial charge in [-0.3, -0.25) is 0 Å². The number of hydrogen-bond donors (Lipinski definition) is 1. The number of carboxylic acids is 1. The van der Waals surface area contributed by atoms with Crippen LogP contribution in [0.25, 0.3) is 0 Å². The summed E-state index contributed by atoms with van der Waals surface area (Å²) in [5.41, 5.74) is 4.68. The average molecular weight is 338 g/mol. The summed E-state index contributed by atoms with van der Waals surface area (Å²) in [5.74, 6) is -0.242. The number of aromatic carboxylic acids is 1. The van der Waals surface area contributed by atoms with Crippen molar-refractivity contribution in [2.75, 3.05) is 0 Å². The topological polar surface area (TPSA) is 46.5 Å². The van der Waals surface area contributed by atoms with Crippen molar-refractivity contribution < 1.29 is 14.6 Å². The van der Waals surface area contributed by atoms with Crippen LogP contribution in [0.4, 0.5) is 0 Å². The van der Waals surface area contributed by atoms with E-state index in [-0.39, 0.29) is 16.4 Å². The van der Waals surface area contributed by atoms with Gasteiger partial charge in [0.15, 0.2) is 0 Å². The van der Waals surface area contributed by atoms with Gasteiger partial charge in [-0.2, -0.15) is 0 Å². The van der Waals surface area contributed by atoms with Crippen molar-refractivity contribution in [1.82, 2.24) is 0 Å². The molecule has 0 saturated heterocycles. The van der Waals surface area contributed by atoms with Crippen LogP contribution in [0.15, 0.2) is 42.5 Å². The number of carbonyl (C=O) groups is 1. The minimum absolute atomic E-state index is 0.185. The Bertz CT molecular complexity index is 785. The second-order valence-corrected chi connectivity index (χ2v) is 8.27. The van der Waals surface area contributed by atoms with E-state index in [4.69, 9.17) is 9.84 Å². The monoisotopic (exact) mass is 338 g/mol. The molecule has 3 heteroatoms. The molecular weight excluding hydrogens is 312 g/mol. The minimum Gasteiger partial charge on any atom is -0.489 e. The Morgan fingerprint density at radius 2 is 1.56 bits per heavy atom. The van der Waals surface area contributed by atoms with E-state index in [0.717, 1.165) is 5.56 Å². The van der Waals surface area contributed by atoms with Crippen LogP contribution >= 0.6 is 0 Å². The second kappa shape index (κ2) is 6.21. The molecule has 0 amide bonds. The molecule has 3 rings (SSSR count). The van der Waals surface area contributed by atoms with Gasteiger partial charge in [-0.05, 0) is 64.6 Å². The number of hydrogen-bond acceptors (Lipinski definition) is 2. The Morgan fingerprint density at radius 1 is 0.960 bits per heavy atom. The molecule has 2 aromatic carbocycles. The molecule has 3 nitrogen and oxygen atoms in total. The van der Waals surface area contributed by atoms with Crippen molar-refractivity contribution in [3.05, 3.63) is 64.7 Å². The molecule has 0 bridgehead atoms. The maximum Gasteiger partial charge on any atom is 0.335 e. The molecule has 0 fully saturated rings. The van der Waals surface area contributed by atoms with Gasteiger partial charge in [-0.1, -0.05) is 45.9 Å². The number of fused-ring (bicyclic) bond motifs is 1. The highest BCUT2D eigenvalue weighted by atomic mass is 16.5. The van der Waals surface area contributed by atoms with Crippen molar-refractivity contribution in [3.8, 4) is 5.75 Å². The summed E-state index contributed by atoms with van der Waals surface area (Å²) in [6, 6.07) is 13.2. The van der Waals surface area contributed by atoms with Crippen LogP contribution < -0.4 is 4.74 Å². The lowest BCUT2D eigenvalue weighted by atomic mass is 9.63. The van der Waals surface area contributed by atoms with Crippen LogP contribution in [-0.4, -0.2) is 11.1 Å². The molecule has 0 atom stereocenters. The van der Waals surface area contributed by atoms with E-state index >= 15 is 0 Å². The van der Waals surface area contributed by atoms with Crippen molar-refractivity contribution in [2.24, 2.45) is 0 Å². The molecule has 0 saturated carbocycles. The van der Waals surface area contributed by atoms with E-state index in [9.17, 15) is 4.79 Å². The highest BCUT2D eigenvalue weighted by Gasteiger charge is 2.36. The number of ether oxygens (including phenoxy) is 1. The molecule has 0 aromatic heterocycles. The first-order valence-electron chi connectivity index (χ1n) is 8.79. The van der Waals surface area contributed by atoms with E-state index in [1.165, 1.54) is 24.0 Å². The normalized spacial score (nSPS) is 17.6. The Kier molecular flexibility index (Phi) is 4.36. The first-order chi connectivity index (χ1) is 11.7. The molecule has 1 aliphatic rings. The summed E-state index contributed by atoms with van der Waals surface area (Å²) in [4.78, 5) is 10.9. The fourth-order valence-electron chi connectivity index (χ4n) is 3.59. The summed E-state index contributed by atoms with van der Waals surface area (Å²) >= 11 is 0. The Labute approximate surface area is 149 Å². The molecule has 0 aliphatic heterocycles. The smallest absolute Gasteiger partial charge is 0.335 e. The Hall–Kier alpha value is -2.29. The SMILES string of the molecule is CC1(C)CCC(C)(C)c2cc(COc3ccc(C(=O)O)cc3)ccc21. The third kappa shape index (κ3) is 3.55. The zero-order valence-electron chi connectivity index (χ0n) is 15.4. The highest BCUT2D eigenvalue weighted by Crippen LogP contribution is 2.45. The van der Waals surface area contributed by atoms with E-state index < -0.39 is 5.97 Å². The average Bonchev–Trinajstić information content (AvgIpc) is 2.57. The molecule has 25 heavy (non-hydrogen) atoms. The summed E-state index contributed by atoms with van der Waals surface area (Å²) < 4.78 is 5.85. The third-order valence-electron chi connectivity index (χ3n) is 5.42. The Balaban J connectivity index is 1.79. The number of rotatable bonds is 4. The van der Waals surface area contributed by atoms with Gasteiger partial charge in [0, 0.05) is 0 Å². The zero-order chi connectivity index (χ0) is 18.2. The molecule has 2 aromatic rings. The lowest BCUT2D eigenvalue weighted by Gasteiger charge is -2.42. The molecule has 0 spiro atoms. The van der Waals surface area contributed by atoms with Crippen molar-refractivity contribution >= 4 is 5.97 Å². The fraction of sp³-hybridized carbons (Fsp3) is 0.409. The highest BCUT2D eigenvalue weighted by molar-refractivity contribution is 5.87. The fourth-order valence-corrected chi connectivity index (χ4v) is 3.59. The van der Waals surface area contributed by atoms with Gasteiger partial charge in [0.2, 0.25) is 0 Å². The predicted molar refractivity (Wildman–Crippen MR) is 99.5 cm³/mol. The van der Waals surface area contributed by atoms with Gasteiger partial charge in [0.25, 0.3) is 0 Å². The van der Waals surface area contributed by atoms with Gasteiger partial charge in [-0.25, -0.2) is 4.79 Å². The summed E-state index contributed by atoms with van der Waals surface area (Å²) in [6.07, 6.45) is 2.40. The Morgan fingerprint density at radius 3 is 2.16 bits per heavy atom. The van der Waals surface area contributed by atoms with E-state index in [1.54, 1.807) is 24.3 Å². The minimum atomic E-state index is -0.925. The molecule has 0 unspecified atom stereocenters.